The molecule has 4 aromatic rings. The second-order valence-corrected chi connectivity index (χ2v) is 8.10. The van der Waals surface area contributed by atoms with Crippen molar-refractivity contribution in [2.45, 2.75) is 6.54 Å². The molecular formula is C26H25N5O3. The van der Waals surface area contributed by atoms with Crippen LogP contribution in [0.2, 0.25) is 0 Å². The maximum Gasteiger partial charge on any atom is 0.246 e. The van der Waals surface area contributed by atoms with E-state index in [0.717, 1.165) is 40.9 Å². The molecule has 1 fully saturated rings. The smallest absolute Gasteiger partial charge is 0.246 e. The topological polar surface area (TPSA) is 84.6 Å². The Morgan fingerprint density at radius 1 is 1.06 bits per heavy atom. The van der Waals surface area contributed by atoms with Crippen molar-refractivity contribution in [3.05, 3.63) is 78.3 Å². The Kier molecular flexibility index (Phi) is 6.31. The van der Waals surface area contributed by atoms with E-state index >= 15 is 0 Å². The van der Waals surface area contributed by atoms with Gasteiger partial charge in [0.1, 0.15) is 5.75 Å². The van der Waals surface area contributed by atoms with Crippen LogP contribution in [-0.2, 0) is 11.3 Å². The van der Waals surface area contributed by atoms with E-state index in [1.54, 1.807) is 19.4 Å². The molecule has 1 aliphatic rings. The number of piperazine rings is 1. The lowest BCUT2D eigenvalue weighted by Crippen LogP contribution is -2.47. The van der Waals surface area contributed by atoms with E-state index < -0.39 is 0 Å². The molecule has 1 saturated heterocycles. The molecule has 0 N–H and O–H groups in total. The molecule has 0 atom stereocenters. The fourth-order valence-corrected chi connectivity index (χ4v) is 4.02. The van der Waals surface area contributed by atoms with Gasteiger partial charge in [-0.3, -0.25) is 14.7 Å². The Bertz CT molecular complexity index is 1300. The quantitative estimate of drug-likeness (QED) is 0.410. The van der Waals surface area contributed by atoms with Gasteiger partial charge in [-0.1, -0.05) is 29.4 Å². The molecular weight excluding hydrogens is 430 g/mol. The number of fused-ring (bicyclic) bond motifs is 1. The summed E-state index contributed by atoms with van der Waals surface area (Å²) in [6, 6.07) is 17.4. The van der Waals surface area contributed by atoms with Crippen molar-refractivity contribution < 1.29 is 14.1 Å². The number of methoxy groups -OCH3 is 1. The number of para-hydroxylation sites is 1. The molecule has 1 amide bonds. The third-order valence-electron chi connectivity index (χ3n) is 5.93. The van der Waals surface area contributed by atoms with Crippen molar-refractivity contribution in [3.63, 3.8) is 0 Å². The number of ether oxygens (including phenoxy) is 1. The predicted octanol–water partition coefficient (Wildman–Crippen LogP) is 3.65. The van der Waals surface area contributed by atoms with E-state index in [9.17, 15) is 4.79 Å². The van der Waals surface area contributed by atoms with Gasteiger partial charge in [0.2, 0.25) is 17.6 Å². The van der Waals surface area contributed by atoms with Crippen LogP contribution in [0.1, 0.15) is 11.5 Å². The number of hydrogen-bond acceptors (Lipinski definition) is 7. The van der Waals surface area contributed by atoms with Gasteiger partial charge in [-0.05, 0) is 36.4 Å². The molecule has 2 aromatic heterocycles. The van der Waals surface area contributed by atoms with Crippen LogP contribution in [0, 0.1) is 0 Å². The maximum atomic E-state index is 12.7. The number of nitrogens with zero attached hydrogens (tertiary/aromatic N) is 5. The number of rotatable bonds is 6. The van der Waals surface area contributed by atoms with Crippen LogP contribution in [0.3, 0.4) is 0 Å². The van der Waals surface area contributed by atoms with Crippen molar-refractivity contribution in [2.24, 2.45) is 0 Å². The summed E-state index contributed by atoms with van der Waals surface area (Å²) in [5.41, 5.74) is 2.71. The minimum absolute atomic E-state index is 0.00664. The van der Waals surface area contributed by atoms with Crippen LogP contribution in [0.15, 0.2) is 71.4 Å². The van der Waals surface area contributed by atoms with Gasteiger partial charge in [-0.15, -0.1) is 0 Å². The normalized spacial score (nSPS) is 14.7. The molecule has 0 bridgehead atoms. The third-order valence-corrected chi connectivity index (χ3v) is 5.93. The minimum Gasteiger partial charge on any atom is -0.497 e. The minimum atomic E-state index is 0.00664. The summed E-state index contributed by atoms with van der Waals surface area (Å²) in [7, 11) is 1.63. The summed E-state index contributed by atoms with van der Waals surface area (Å²) in [5, 5.41) is 5.15. The Hall–Kier alpha value is -4.04. The Morgan fingerprint density at radius 3 is 2.65 bits per heavy atom. The molecule has 0 spiro atoms. The molecule has 2 aromatic carbocycles. The first-order chi connectivity index (χ1) is 16.7. The maximum absolute atomic E-state index is 12.7. The molecule has 0 radical (unpaired) electrons. The standard InChI is InChI=1S/C26H25N5O3/c1-33-22-10-7-21(8-11-22)26-28-23(34-29-26)18-30-14-16-31(17-15-30)24(32)12-9-20-5-2-4-19-6-3-13-27-25(19)20/h2-13H,14-18H2,1H3/b12-9+. The van der Waals surface area contributed by atoms with Crippen molar-refractivity contribution >= 4 is 22.9 Å². The van der Waals surface area contributed by atoms with Gasteiger partial charge in [0.05, 0.1) is 19.2 Å². The SMILES string of the molecule is COc1ccc(-c2noc(CN3CCN(C(=O)/C=C/c4cccc5cccnc45)CC3)n2)cc1. The summed E-state index contributed by atoms with van der Waals surface area (Å²) in [6.45, 7) is 3.35. The van der Waals surface area contributed by atoms with Gasteiger partial charge >= 0.3 is 0 Å². The number of pyridine rings is 1. The average Bonchev–Trinajstić information content (AvgIpc) is 3.36. The van der Waals surface area contributed by atoms with Gasteiger partial charge in [-0.25, -0.2) is 0 Å². The number of amides is 1. The first-order valence-corrected chi connectivity index (χ1v) is 11.2. The lowest BCUT2D eigenvalue weighted by molar-refractivity contribution is -0.127. The summed E-state index contributed by atoms with van der Waals surface area (Å²) in [6.07, 6.45) is 5.26. The summed E-state index contributed by atoms with van der Waals surface area (Å²) in [5.74, 6) is 1.91. The monoisotopic (exact) mass is 455 g/mol. The fourth-order valence-electron chi connectivity index (χ4n) is 4.02. The number of hydrogen-bond donors (Lipinski definition) is 0. The fraction of sp³-hybridized carbons (Fsp3) is 0.231. The Morgan fingerprint density at radius 2 is 1.85 bits per heavy atom. The predicted molar refractivity (Wildman–Crippen MR) is 129 cm³/mol. The number of carbonyl (C=O) groups is 1. The summed E-state index contributed by atoms with van der Waals surface area (Å²) >= 11 is 0. The highest BCUT2D eigenvalue weighted by molar-refractivity contribution is 5.95. The van der Waals surface area contributed by atoms with Gasteiger partial charge in [0.25, 0.3) is 0 Å². The van der Waals surface area contributed by atoms with Crippen LogP contribution in [0.25, 0.3) is 28.4 Å². The average molecular weight is 456 g/mol. The van der Waals surface area contributed by atoms with E-state index in [4.69, 9.17) is 9.26 Å². The van der Waals surface area contributed by atoms with Crippen LogP contribution in [0.4, 0.5) is 0 Å². The van der Waals surface area contributed by atoms with Crippen molar-refractivity contribution in [1.82, 2.24) is 24.9 Å². The second kappa shape index (κ2) is 9.84. The zero-order chi connectivity index (χ0) is 23.3. The van der Waals surface area contributed by atoms with Crippen molar-refractivity contribution in [1.29, 1.82) is 0 Å². The highest BCUT2D eigenvalue weighted by Gasteiger charge is 2.21. The Labute approximate surface area is 197 Å². The third kappa shape index (κ3) is 4.82. The summed E-state index contributed by atoms with van der Waals surface area (Å²) < 4.78 is 10.6. The molecule has 1 aliphatic heterocycles. The molecule has 0 aliphatic carbocycles. The summed E-state index contributed by atoms with van der Waals surface area (Å²) in [4.78, 5) is 25.8. The Balaban J connectivity index is 1.15. The van der Waals surface area contributed by atoms with Crippen molar-refractivity contribution in [3.8, 4) is 17.1 Å². The molecule has 34 heavy (non-hydrogen) atoms. The lowest BCUT2D eigenvalue weighted by Gasteiger charge is -2.33. The van der Waals surface area contributed by atoms with Gasteiger partial charge in [0.15, 0.2) is 0 Å². The van der Waals surface area contributed by atoms with Crippen LogP contribution >= 0.6 is 0 Å². The number of benzene rings is 2. The van der Waals surface area contributed by atoms with Gasteiger partial charge in [0, 0.05) is 55.0 Å². The van der Waals surface area contributed by atoms with E-state index in [0.29, 0.717) is 31.3 Å². The zero-order valence-corrected chi connectivity index (χ0v) is 18.9. The highest BCUT2D eigenvalue weighted by atomic mass is 16.5. The molecule has 8 heteroatoms. The van der Waals surface area contributed by atoms with Crippen LogP contribution in [0.5, 0.6) is 5.75 Å². The second-order valence-electron chi connectivity index (χ2n) is 8.10. The van der Waals surface area contributed by atoms with E-state index in [1.807, 2.05) is 65.6 Å². The lowest BCUT2D eigenvalue weighted by atomic mass is 10.1. The first kappa shape index (κ1) is 21.8. The largest absolute Gasteiger partial charge is 0.497 e. The molecule has 5 rings (SSSR count). The van der Waals surface area contributed by atoms with E-state index in [2.05, 4.69) is 20.0 Å². The van der Waals surface area contributed by atoms with Gasteiger partial charge in [-0.2, -0.15) is 4.98 Å². The van der Waals surface area contributed by atoms with E-state index in [1.165, 1.54) is 0 Å². The zero-order valence-electron chi connectivity index (χ0n) is 18.9. The first-order valence-electron chi connectivity index (χ1n) is 11.2. The van der Waals surface area contributed by atoms with E-state index in [-0.39, 0.29) is 5.91 Å². The number of carbonyl (C=O) groups excluding carboxylic acids is 1. The van der Waals surface area contributed by atoms with Crippen LogP contribution in [-0.4, -0.2) is 64.1 Å². The molecule has 3 heterocycles. The van der Waals surface area contributed by atoms with Crippen LogP contribution < -0.4 is 4.74 Å². The molecule has 8 nitrogen and oxygen atoms in total. The van der Waals surface area contributed by atoms with Gasteiger partial charge < -0.3 is 14.2 Å². The van der Waals surface area contributed by atoms with Crippen molar-refractivity contribution in [2.75, 3.05) is 33.3 Å². The highest BCUT2D eigenvalue weighted by Crippen LogP contribution is 2.21. The molecule has 0 unspecified atom stereocenters. The number of aromatic nitrogens is 3. The molecule has 172 valence electrons. The molecule has 0 saturated carbocycles.